The van der Waals surface area contributed by atoms with Gasteiger partial charge in [-0.15, -0.1) is 0 Å². The molecule has 0 radical (unpaired) electrons. The quantitative estimate of drug-likeness (QED) is 0.175. The van der Waals surface area contributed by atoms with Gasteiger partial charge in [0.15, 0.2) is 0 Å². The van der Waals surface area contributed by atoms with Crippen LogP contribution < -0.4 is 16.4 Å². The number of hydrogen-bond donors (Lipinski definition) is 4. The zero-order valence-electron chi connectivity index (χ0n) is 24.2. The van der Waals surface area contributed by atoms with E-state index in [-0.39, 0.29) is 50.3 Å². The fraction of sp³-hybridized carbons (Fsp3) is 0.607. The van der Waals surface area contributed by atoms with Crippen LogP contribution in [0.5, 0.6) is 5.75 Å². The Morgan fingerprint density at radius 1 is 1.05 bits per heavy atom. The zero-order chi connectivity index (χ0) is 30.3. The summed E-state index contributed by atoms with van der Waals surface area (Å²) < 4.78 is 10.2. The number of carbonyl (C=O) groups is 5. The zero-order valence-corrected chi connectivity index (χ0v) is 24.2. The van der Waals surface area contributed by atoms with E-state index in [1.54, 1.807) is 39.8 Å². The van der Waals surface area contributed by atoms with Gasteiger partial charge in [0.2, 0.25) is 17.7 Å². The fourth-order valence-electron chi connectivity index (χ4n) is 3.88. The van der Waals surface area contributed by atoms with E-state index < -0.39 is 47.5 Å². The molecule has 1 aromatic rings. The van der Waals surface area contributed by atoms with E-state index in [0.717, 1.165) is 12.8 Å². The lowest BCUT2D eigenvalue weighted by molar-refractivity contribution is -0.144. The number of rotatable bonds is 16. The smallest absolute Gasteiger partial charge is 0.408 e. The van der Waals surface area contributed by atoms with Crippen LogP contribution in [-0.2, 0) is 28.7 Å². The number of nitrogens with one attached hydrogen (secondary N) is 2. The molecule has 0 saturated carbocycles. The van der Waals surface area contributed by atoms with Crippen LogP contribution in [0.4, 0.5) is 4.79 Å². The van der Waals surface area contributed by atoms with Crippen molar-refractivity contribution in [3.8, 4) is 5.75 Å². The Morgan fingerprint density at radius 2 is 1.73 bits per heavy atom. The summed E-state index contributed by atoms with van der Waals surface area (Å²) in [5, 5.41) is 15.8. The lowest BCUT2D eigenvalue weighted by Crippen LogP contribution is -2.53. The van der Waals surface area contributed by atoms with E-state index in [0.29, 0.717) is 6.42 Å². The summed E-state index contributed by atoms with van der Waals surface area (Å²) >= 11 is 0. The summed E-state index contributed by atoms with van der Waals surface area (Å²) in [7, 11) is 0. The van der Waals surface area contributed by atoms with Crippen LogP contribution in [0, 0.1) is 0 Å². The van der Waals surface area contributed by atoms with E-state index in [2.05, 4.69) is 10.6 Å². The molecule has 0 bridgehead atoms. The van der Waals surface area contributed by atoms with Gasteiger partial charge in [-0.05, 0) is 46.6 Å². The fourth-order valence-corrected chi connectivity index (χ4v) is 3.88. The van der Waals surface area contributed by atoms with Crippen molar-refractivity contribution in [1.82, 2.24) is 15.5 Å². The average Bonchev–Trinajstić information content (AvgIpc) is 2.85. The molecular weight excluding hydrogens is 520 g/mol. The second-order valence-corrected chi connectivity index (χ2v) is 10.2. The van der Waals surface area contributed by atoms with Crippen molar-refractivity contribution in [2.75, 3.05) is 19.7 Å². The monoisotopic (exact) mass is 564 g/mol. The molecule has 40 heavy (non-hydrogen) atoms. The lowest BCUT2D eigenvalue weighted by Gasteiger charge is -2.34. The Kier molecular flexibility index (Phi) is 14.5. The molecule has 0 spiro atoms. The number of primary amides is 1. The van der Waals surface area contributed by atoms with Crippen molar-refractivity contribution in [2.24, 2.45) is 5.73 Å². The van der Waals surface area contributed by atoms with Crippen molar-refractivity contribution in [2.45, 2.75) is 90.8 Å². The first-order valence-corrected chi connectivity index (χ1v) is 13.6. The van der Waals surface area contributed by atoms with E-state index in [1.165, 1.54) is 17.0 Å². The maximum absolute atomic E-state index is 14.0. The van der Waals surface area contributed by atoms with Gasteiger partial charge < -0.3 is 35.8 Å². The van der Waals surface area contributed by atoms with Crippen molar-refractivity contribution in [3.63, 3.8) is 0 Å². The summed E-state index contributed by atoms with van der Waals surface area (Å²) in [6.07, 6.45) is 0.804. The minimum absolute atomic E-state index is 0.0555. The SMILES string of the molecule is CCCCCN(C(=O)C(CCC(N)=O)NC(=O)OC(C)(C)C)C(C(=O)NCCC(=O)OCC)c1ccccc1O. The van der Waals surface area contributed by atoms with Crippen LogP contribution in [0.15, 0.2) is 24.3 Å². The Balaban J connectivity index is 3.46. The Morgan fingerprint density at radius 3 is 2.30 bits per heavy atom. The molecule has 224 valence electrons. The standard InChI is InChI=1S/C28H44N4O8/c1-6-8-11-18-32(26(37)20(14-15-22(29)34)31-27(38)40-28(3,4)5)24(19-12-9-10-13-21(19)33)25(36)30-17-16-23(35)39-7-2/h9-10,12-13,20,24,33H,6-8,11,14-18H2,1-5H3,(H2,29,34)(H,30,36)(H,31,38). The molecule has 0 aromatic heterocycles. The molecular formula is C28H44N4O8. The highest BCUT2D eigenvalue weighted by molar-refractivity contribution is 5.93. The number of unbranched alkanes of at least 4 members (excludes halogenated alkanes) is 2. The summed E-state index contributed by atoms with van der Waals surface area (Å²) in [4.78, 5) is 64.8. The van der Waals surface area contributed by atoms with Crippen molar-refractivity contribution >= 4 is 29.8 Å². The molecule has 12 nitrogen and oxygen atoms in total. The minimum atomic E-state index is -1.30. The van der Waals surface area contributed by atoms with Crippen molar-refractivity contribution in [3.05, 3.63) is 29.8 Å². The number of benzene rings is 1. The number of ether oxygens (including phenoxy) is 2. The third-order valence-corrected chi connectivity index (χ3v) is 5.68. The van der Waals surface area contributed by atoms with Gasteiger partial charge >= 0.3 is 12.1 Å². The first-order chi connectivity index (χ1) is 18.8. The minimum Gasteiger partial charge on any atom is -0.508 e. The highest BCUT2D eigenvalue weighted by atomic mass is 16.6. The number of phenolic OH excluding ortho intramolecular Hbond substituents is 1. The Bertz CT molecular complexity index is 1010. The van der Waals surface area contributed by atoms with Crippen LogP contribution >= 0.6 is 0 Å². The molecule has 0 aliphatic carbocycles. The first-order valence-electron chi connectivity index (χ1n) is 13.6. The number of carbonyl (C=O) groups excluding carboxylic acids is 5. The predicted octanol–water partition coefficient (Wildman–Crippen LogP) is 2.68. The van der Waals surface area contributed by atoms with E-state index in [9.17, 15) is 29.1 Å². The molecule has 0 aliphatic rings. The third-order valence-electron chi connectivity index (χ3n) is 5.68. The molecule has 1 aromatic carbocycles. The number of nitrogens with zero attached hydrogens (tertiary/aromatic N) is 1. The number of nitrogens with two attached hydrogens (primary N) is 1. The summed E-state index contributed by atoms with van der Waals surface area (Å²) in [5.41, 5.74) is 4.64. The molecule has 4 amide bonds. The number of para-hydroxylation sites is 1. The van der Waals surface area contributed by atoms with Crippen molar-refractivity contribution < 1.29 is 38.6 Å². The molecule has 2 unspecified atom stereocenters. The second-order valence-electron chi connectivity index (χ2n) is 10.2. The van der Waals surface area contributed by atoms with Gasteiger partial charge in [0, 0.05) is 25.1 Å². The Labute approximate surface area is 235 Å². The van der Waals surface area contributed by atoms with Gasteiger partial charge in [-0.1, -0.05) is 38.0 Å². The number of hydrogen-bond acceptors (Lipinski definition) is 8. The number of esters is 1. The van der Waals surface area contributed by atoms with E-state index >= 15 is 0 Å². The van der Waals surface area contributed by atoms with E-state index in [4.69, 9.17) is 15.2 Å². The topological polar surface area (TPSA) is 177 Å². The first kappa shape index (κ1) is 34.2. The van der Waals surface area contributed by atoms with Crippen LogP contribution in [-0.4, -0.2) is 71.1 Å². The highest BCUT2D eigenvalue weighted by Gasteiger charge is 2.37. The second kappa shape index (κ2) is 17.0. The van der Waals surface area contributed by atoms with E-state index in [1.807, 2.05) is 6.92 Å². The highest BCUT2D eigenvalue weighted by Crippen LogP contribution is 2.30. The molecule has 2 atom stereocenters. The van der Waals surface area contributed by atoms with Crippen LogP contribution in [0.3, 0.4) is 0 Å². The summed E-state index contributed by atoms with van der Waals surface area (Å²) in [6, 6.07) is 3.56. The van der Waals surface area contributed by atoms with Gasteiger partial charge in [-0.25, -0.2) is 4.79 Å². The predicted molar refractivity (Wildman–Crippen MR) is 148 cm³/mol. The van der Waals surface area contributed by atoms with Crippen LogP contribution in [0.25, 0.3) is 0 Å². The van der Waals surface area contributed by atoms with Crippen molar-refractivity contribution in [1.29, 1.82) is 0 Å². The van der Waals surface area contributed by atoms with Gasteiger partial charge in [0.05, 0.1) is 13.0 Å². The maximum Gasteiger partial charge on any atom is 0.408 e. The van der Waals surface area contributed by atoms with Crippen LogP contribution in [0.1, 0.15) is 84.7 Å². The largest absolute Gasteiger partial charge is 0.508 e. The summed E-state index contributed by atoms with van der Waals surface area (Å²) in [5.74, 6) is -2.67. The number of phenols is 1. The normalized spacial score (nSPS) is 12.5. The number of amides is 4. The third kappa shape index (κ3) is 12.4. The molecule has 0 heterocycles. The summed E-state index contributed by atoms with van der Waals surface area (Å²) in [6.45, 7) is 8.90. The van der Waals surface area contributed by atoms with Gasteiger partial charge in [-0.2, -0.15) is 0 Å². The average molecular weight is 565 g/mol. The number of aromatic hydroxyl groups is 1. The molecule has 0 aliphatic heterocycles. The maximum atomic E-state index is 14.0. The van der Waals surface area contributed by atoms with Gasteiger partial charge in [-0.3, -0.25) is 19.2 Å². The molecule has 5 N–H and O–H groups in total. The molecule has 0 fully saturated rings. The van der Waals surface area contributed by atoms with Gasteiger partial charge in [0.1, 0.15) is 23.4 Å². The van der Waals surface area contributed by atoms with Crippen LogP contribution in [0.2, 0.25) is 0 Å². The molecule has 12 heteroatoms. The molecule has 1 rings (SSSR count). The lowest BCUT2D eigenvalue weighted by atomic mass is 10.00. The number of alkyl carbamates (subject to hydrolysis) is 1. The van der Waals surface area contributed by atoms with Gasteiger partial charge in [0.25, 0.3) is 0 Å². The molecule has 0 saturated heterocycles. The Hall–Kier alpha value is -3.83.